The fourth-order valence-corrected chi connectivity index (χ4v) is 4.05. The van der Waals surface area contributed by atoms with Crippen LogP contribution in [-0.2, 0) is 4.74 Å². The molecule has 33 heavy (non-hydrogen) atoms. The number of benzene rings is 2. The molecule has 7 nitrogen and oxygen atoms in total. The second-order valence-electron chi connectivity index (χ2n) is 9.57. The molecule has 4 rings (SSSR count). The minimum absolute atomic E-state index is 0.256. The highest BCUT2D eigenvalue weighted by molar-refractivity contribution is 5.87. The van der Waals surface area contributed by atoms with Crippen LogP contribution in [0.4, 0.5) is 4.79 Å². The Hall–Kier alpha value is -3.09. The molecule has 0 spiro atoms. The van der Waals surface area contributed by atoms with Crippen LogP contribution in [0.5, 0.6) is 5.75 Å². The summed E-state index contributed by atoms with van der Waals surface area (Å²) in [6.07, 6.45) is 4.74. The highest BCUT2D eigenvalue weighted by atomic mass is 16.6. The van der Waals surface area contributed by atoms with Crippen LogP contribution in [0.15, 0.2) is 40.9 Å². The highest BCUT2D eigenvalue weighted by Gasteiger charge is 2.36. The van der Waals surface area contributed by atoms with Crippen molar-refractivity contribution in [3.63, 3.8) is 0 Å². The Morgan fingerprint density at radius 1 is 1.15 bits per heavy atom. The molecule has 1 atom stereocenters. The van der Waals surface area contributed by atoms with Crippen LogP contribution in [0.3, 0.4) is 0 Å². The monoisotopic (exact) mass is 451 g/mol. The number of carbonyl (C=O) groups excluding carboxylic acids is 1. The standard InChI is InChI=1S/C26H33N3O4/c1-5-6-7-15-31-21-13-12-18-16-20(11-10-19(18)17-21)23-27-24(33-28-23)22-9-8-14-29(22)25(30)32-26(2,3)4/h10-13,16-17,22H,5-9,14-15H2,1-4H3. The van der Waals surface area contributed by atoms with Gasteiger partial charge < -0.3 is 14.0 Å². The quantitative estimate of drug-likeness (QED) is 0.380. The molecule has 0 N–H and O–H groups in total. The lowest BCUT2D eigenvalue weighted by molar-refractivity contribution is 0.0199. The molecule has 2 heterocycles. The van der Waals surface area contributed by atoms with Gasteiger partial charge in [0.25, 0.3) is 0 Å². The Morgan fingerprint density at radius 2 is 1.94 bits per heavy atom. The lowest BCUT2D eigenvalue weighted by Gasteiger charge is -2.26. The summed E-state index contributed by atoms with van der Waals surface area (Å²) in [6.45, 7) is 9.14. The van der Waals surface area contributed by atoms with E-state index in [0.29, 0.717) is 18.3 Å². The molecular weight excluding hydrogens is 418 g/mol. The molecule has 0 saturated carbocycles. The molecular formula is C26H33N3O4. The third-order valence-electron chi connectivity index (χ3n) is 5.69. The SMILES string of the molecule is CCCCCOc1ccc2cc(-c3noc(C4CCCN4C(=O)OC(C)(C)C)n3)ccc2c1. The maximum absolute atomic E-state index is 12.6. The van der Waals surface area contributed by atoms with Crippen molar-refractivity contribution in [2.24, 2.45) is 0 Å². The van der Waals surface area contributed by atoms with Crippen LogP contribution in [0, 0.1) is 0 Å². The van der Waals surface area contributed by atoms with E-state index in [-0.39, 0.29) is 12.1 Å². The first-order valence-corrected chi connectivity index (χ1v) is 11.8. The normalized spacial score (nSPS) is 16.4. The van der Waals surface area contributed by atoms with Crippen LogP contribution in [0.25, 0.3) is 22.2 Å². The van der Waals surface area contributed by atoms with Gasteiger partial charge in [0.05, 0.1) is 6.61 Å². The number of likely N-dealkylation sites (tertiary alicyclic amines) is 1. The largest absolute Gasteiger partial charge is 0.494 e. The zero-order valence-corrected chi connectivity index (χ0v) is 20.0. The van der Waals surface area contributed by atoms with E-state index in [1.807, 2.05) is 45.0 Å². The molecule has 1 aliphatic rings. The fraction of sp³-hybridized carbons (Fsp3) is 0.500. The number of hydrogen-bond donors (Lipinski definition) is 0. The van der Waals surface area contributed by atoms with Crippen molar-refractivity contribution in [1.82, 2.24) is 15.0 Å². The Kier molecular flexibility index (Phi) is 6.86. The number of nitrogens with zero attached hydrogens (tertiary/aromatic N) is 3. The van der Waals surface area contributed by atoms with Gasteiger partial charge in [-0.3, -0.25) is 4.90 Å². The molecule has 1 unspecified atom stereocenters. The maximum atomic E-state index is 12.6. The predicted octanol–water partition coefficient (Wildman–Crippen LogP) is 6.53. The number of hydrogen-bond acceptors (Lipinski definition) is 6. The summed E-state index contributed by atoms with van der Waals surface area (Å²) in [5.74, 6) is 1.85. The van der Waals surface area contributed by atoms with Crippen molar-refractivity contribution >= 4 is 16.9 Å². The summed E-state index contributed by atoms with van der Waals surface area (Å²) in [4.78, 5) is 18.9. The number of ether oxygens (including phenoxy) is 2. The summed E-state index contributed by atoms with van der Waals surface area (Å²) in [6, 6.07) is 11.9. The lowest BCUT2D eigenvalue weighted by atomic mass is 10.1. The second-order valence-corrected chi connectivity index (χ2v) is 9.57. The number of unbranched alkanes of at least 4 members (excludes halogenated alkanes) is 2. The number of amides is 1. The zero-order valence-electron chi connectivity index (χ0n) is 20.0. The summed E-state index contributed by atoms with van der Waals surface area (Å²) in [5.41, 5.74) is 0.325. The first kappa shape index (κ1) is 23.1. The first-order valence-electron chi connectivity index (χ1n) is 11.8. The molecule has 1 aromatic heterocycles. The van der Waals surface area contributed by atoms with Gasteiger partial charge in [0, 0.05) is 12.1 Å². The van der Waals surface area contributed by atoms with Gasteiger partial charge in [-0.1, -0.05) is 43.1 Å². The van der Waals surface area contributed by atoms with Crippen molar-refractivity contribution in [3.05, 3.63) is 42.3 Å². The topological polar surface area (TPSA) is 77.7 Å². The van der Waals surface area contributed by atoms with Crippen LogP contribution in [-0.4, -0.2) is 39.9 Å². The van der Waals surface area contributed by atoms with Crippen molar-refractivity contribution in [3.8, 4) is 17.1 Å². The zero-order chi connectivity index (χ0) is 23.4. The second kappa shape index (κ2) is 9.81. The van der Waals surface area contributed by atoms with Crippen molar-refractivity contribution < 1.29 is 18.8 Å². The van der Waals surface area contributed by atoms with E-state index < -0.39 is 5.60 Å². The molecule has 1 saturated heterocycles. The molecule has 1 aliphatic heterocycles. The number of carbonyl (C=O) groups is 1. The fourth-order valence-electron chi connectivity index (χ4n) is 4.05. The average molecular weight is 452 g/mol. The molecule has 2 aromatic carbocycles. The molecule has 0 bridgehead atoms. The van der Waals surface area contributed by atoms with Gasteiger partial charge in [0.2, 0.25) is 11.7 Å². The molecule has 1 amide bonds. The van der Waals surface area contributed by atoms with Crippen molar-refractivity contribution in [1.29, 1.82) is 0 Å². The third-order valence-corrected chi connectivity index (χ3v) is 5.69. The van der Waals surface area contributed by atoms with E-state index >= 15 is 0 Å². The van der Waals surface area contributed by atoms with E-state index in [2.05, 4.69) is 29.2 Å². The van der Waals surface area contributed by atoms with Gasteiger partial charge in [-0.25, -0.2) is 4.79 Å². The first-order chi connectivity index (χ1) is 15.8. The van der Waals surface area contributed by atoms with E-state index in [4.69, 9.17) is 14.0 Å². The van der Waals surface area contributed by atoms with Crippen molar-refractivity contribution in [2.75, 3.05) is 13.2 Å². The van der Waals surface area contributed by atoms with Crippen molar-refractivity contribution in [2.45, 2.75) is 71.4 Å². The Balaban J connectivity index is 1.48. The third kappa shape index (κ3) is 5.64. The van der Waals surface area contributed by atoms with Crippen LogP contribution in [0.1, 0.15) is 71.7 Å². The van der Waals surface area contributed by atoms with Gasteiger partial charge in [-0.2, -0.15) is 4.98 Å². The van der Waals surface area contributed by atoms with E-state index in [1.165, 1.54) is 12.8 Å². The van der Waals surface area contributed by atoms with Gasteiger partial charge in [0.15, 0.2) is 0 Å². The maximum Gasteiger partial charge on any atom is 0.410 e. The summed E-state index contributed by atoms with van der Waals surface area (Å²) in [7, 11) is 0. The molecule has 0 aliphatic carbocycles. The molecule has 0 radical (unpaired) electrons. The Morgan fingerprint density at radius 3 is 2.73 bits per heavy atom. The molecule has 1 fully saturated rings. The number of aromatic nitrogens is 2. The summed E-state index contributed by atoms with van der Waals surface area (Å²) < 4.78 is 17.0. The smallest absolute Gasteiger partial charge is 0.410 e. The van der Waals surface area contributed by atoms with Gasteiger partial charge in [-0.05, 0) is 69.0 Å². The highest BCUT2D eigenvalue weighted by Crippen LogP contribution is 2.34. The Bertz CT molecular complexity index is 1100. The van der Waals surface area contributed by atoms with Gasteiger partial charge in [0.1, 0.15) is 17.4 Å². The minimum atomic E-state index is -0.546. The average Bonchev–Trinajstić information content (AvgIpc) is 3.44. The molecule has 7 heteroatoms. The summed E-state index contributed by atoms with van der Waals surface area (Å²) in [5, 5.41) is 6.37. The van der Waals surface area contributed by atoms with Crippen LogP contribution >= 0.6 is 0 Å². The summed E-state index contributed by atoms with van der Waals surface area (Å²) >= 11 is 0. The number of rotatable bonds is 7. The van der Waals surface area contributed by atoms with E-state index in [0.717, 1.165) is 48.0 Å². The van der Waals surface area contributed by atoms with E-state index in [9.17, 15) is 4.79 Å². The van der Waals surface area contributed by atoms with Crippen LogP contribution in [0.2, 0.25) is 0 Å². The molecule has 3 aromatic rings. The Labute approximate surface area is 195 Å². The lowest BCUT2D eigenvalue weighted by Crippen LogP contribution is -2.36. The molecule has 176 valence electrons. The minimum Gasteiger partial charge on any atom is -0.494 e. The number of fused-ring (bicyclic) bond motifs is 1. The van der Waals surface area contributed by atoms with Crippen LogP contribution < -0.4 is 4.74 Å². The van der Waals surface area contributed by atoms with Gasteiger partial charge >= 0.3 is 6.09 Å². The van der Waals surface area contributed by atoms with Gasteiger partial charge in [-0.15, -0.1) is 0 Å². The predicted molar refractivity (Wildman–Crippen MR) is 127 cm³/mol. The van der Waals surface area contributed by atoms with E-state index in [1.54, 1.807) is 4.90 Å².